The summed E-state index contributed by atoms with van der Waals surface area (Å²) in [7, 11) is 3.75. The van der Waals surface area contributed by atoms with Gasteiger partial charge in [-0.25, -0.2) is 4.98 Å². The van der Waals surface area contributed by atoms with Crippen LogP contribution in [-0.2, 0) is 5.54 Å². The molecule has 1 aliphatic carbocycles. The third-order valence-electron chi connectivity index (χ3n) is 6.79. The highest BCUT2D eigenvalue weighted by Crippen LogP contribution is 2.49. The van der Waals surface area contributed by atoms with Gasteiger partial charge in [0.2, 0.25) is 0 Å². The van der Waals surface area contributed by atoms with Crippen LogP contribution in [0.5, 0.6) is 5.75 Å². The maximum atomic E-state index is 13.2. The van der Waals surface area contributed by atoms with Crippen LogP contribution in [0.1, 0.15) is 40.7 Å². The molecular formula is C28H30N4O2S. The van der Waals surface area contributed by atoms with Crippen molar-refractivity contribution in [2.75, 3.05) is 27.2 Å². The summed E-state index contributed by atoms with van der Waals surface area (Å²) in [6.45, 7) is 4.58. The number of fused-ring (bicyclic) bond motifs is 1. The maximum Gasteiger partial charge on any atom is 0.252 e. The van der Waals surface area contributed by atoms with Gasteiger partial charge in [0.05, 0.1) is 18.2 Å². The first-order chi connectivity index (χ1) is 17.0. The van der Waals surface area contributed by atoms with Gasteiger partial charge in [-0.1, -0.05) is 12.1 Å². The number of rotatable bonds is 5. The lowest BCUT2D eigenvalue weighted by molar-refractivity contribution is 0.0930. The number of nitrogens with zero attached hydrogens (tertiary/aromatic N) is 3. The van der Waals surface area contributed by atoms with Crippen molar-refractivity contribution >= 4 is 28.1 Å². The van der Waals surface area contributed by atoms with Crippen molar-refractivity contribution in [2.24, 2.45) is 0 Å². The molecule has 0 unspecified atom stereocenters. The van der Waals surface area contributed by atoms with E-state index in [9.17, 15) is 4.79 Å². The summed E-state index contributed by atoms with van der Waals surface area (Å²) in [4.78, 5) is 24.6. The average molecular weight is 487 g/mol. The number of benzene rings is 2. The molecule has 0 radical (unpaired) electrons. The fraction of sp³-hybridized carbons (Fsp3) is 0.321. The topological polar surface area (TPSA) is 67.3 Å². The molecule has 2 aromatic carbocycles. The van der Waals surface area contributed by atoms with Crippen LogP contribution in [0, 0.1) is 6.92 Å². The Labute approximate surface area is 210 Å². The molecule has 1 amide bonds. The summed E-state index contributed by atoms with van der Waals surface area (Å²) in [6, 6.07) is 13.8. The summed E-state index contributed by atoms with van der Waals surface area (Å²) >= 11 is 1.60. The second-order valence-electron chi connectivity index (χ2n) is 9.31. The molecule has 3 heterocycles. The molecule has 4 aromatic rings. The van der Waals surface area contributed by atoms with E-state index in [-0.39, 0.29) is 11.4 Å². The fourth-order valence-electron chi connectivity index (χ4n) is 4.39. The van der Waals surface area contributed by atoms with E-state index in [1.54, 1.807) is 30.7 Å². The molecule has 7 heteroatoms. The average Bonchev–Trinajstić information content (AvgIpc) is 3.42. The summed E-state index contributed by atoms with van der Waals surface area (Å²) < 4.78 is 5.31. The number of carbonyl (C=O) groups is 1. The van der Waals surface area contributed by atoms with Crippen LogP contribution in [-0.4, -0.2) is 48.0 Å². The Kier molecular flexibility index (Phi) is 6.54. The summed E-state index contributed by atoms with van der Waals surface area (Å²) in [6.07, 6.45) is 6.81. The van der Waals surface area contributed by atoms with Gasteiger partial charge in [0.15, 0.2) is 0 Å². The molecule has 1 saturated carbocycles. The molecule has 1 N–H and O–H groups in total. The standard InChI is InChI=1S/C24H21N3O2S.C4H9N/c1-15-5-6-17(29-2)14-19(15)22(28)27-24(7-8-24)20-12-16(23-26-10-11-30-23)13-21-18(20)4-3-9-25-21;1-5-3-2-4-5/h3-6,9-14H,7-8H2,1-2H3,(H,27,28);2-4H2,1H3. The number of aromatic nitrogens is 2. The minimum absolute atomic E-state index is 0.0828. The number of hydrogen-bond acceptors (Lipinski definition) is 6. The second kappa shape index (κ2) is 9.76. The van der Waals surface area contributed by atoms with Crippen molar-refractivity contribution in [3.63, 3.8) is 0 Å². The van der Waals surface area contributed by atoms with E-state index < -0.39 is 0 Å². The van der Waals surface area contributed by atoms with E-state index >= 15 is 0 Å². The molecule has 2 fully saturated rings. The van der Waals surface area contributed by atoms with Crippen molar-refractivity contribution in [1.82, 2.24) is 20.2 Å². The van der Waals surface area contributed by atoms with Gasteiger partial charge in [0, 0.05) is 34.3 Å². The molecule has 2 aliphatic rings. The van der Waals surface area contributed by atoms with Crippen LogP contribution in [0.15, 0.2) is 60.2 Å². The lowest BCUT2D eigenvalue weighted by Crippen LogP contribution is -2.35. The third kappa shape index (κ3) is 4.92. The Morgan fingerprint density at radius 2 is 1.91 bits per heavy atom. The second-order valence-corrected chi connectivity index (χ2v) is 10.2. The number of aryl methyl sites for hydroxylation is 1. The molecule has 0 atom stereocenters. The number of likely N-dealkylation sites (tertiary alicyclic amines) is 1. The number of amides is 1. The fourth-order valence-corrected chi connectivity index (χ4v) is 5.01. The Bertz CT molecular complexity index is 1340. The van der Waals surface area contributed by atoms with E-state index in [1.165, 1.54) is 19.5 Å². The zero-order valence-electron chi connectivity index (χ0n) is 20.4. The summed E-state index contributed by atoms with van der Waals surface area (Å²) in [5, 5.41) is 7.31. The molecule has 1 aliphatic heterocycles. The number of pyridine rings is 1. The molecule has 1 saturated heterocycles. The molecule has 0 bridgehead atoms. The lowest BCUT2D eigenvalue weighted by Gasteiger charge is -2.24. The molecule has 6 rings (SSSR count). The number of nitrogens with one attached hydrogen (secondary N) is 1. The van der Waals surface area contributed by atoms with E-state index in [4.69, 9.17) is 4.74 Å². The van der Waals surface area contributed by atoms with Crippen LogP contribution in [0.2, 0.25) is 0 Å². The SMILES string of the molecule is CN1CCC1.COc1ccc(C)c(C(=O)NC2(c3cc(-c4nccs4)cc4ncccc34)CC2)c1. The van der Waals surface area contributed by atoms with E-state index in [2.05, 4.69) is 45.4 Å². The van der Waals surface area contributed by atoms with E-state index in [0.29, 0.717) is 11.3 Å². The van der Waals surface area contributed by atoms with Crippen molar-refractivity contribution in [1.29, 1.82) is 0 Å². The van der Waals surface area contributed by atoms with Crippen LogP contribution in [0.4, 0.5) is 0 Å². The quantitative estimate of drug-likeness (QED) is 0.408. The first-order valence-electron chi connectivity index (χ1n) is 11.9. The van der Waals surface area contributed by atoms with Crippen LogP contribution >= 0.6 is 11.3 Å². The van der Waals surface area contributed by atoms with Crippen molar-refractivity contribution < 1.29 is 9.53 Å². The molecule has 180 valence electrons. The third-order valence-corrected chi connectivity index (χ3v) is 7.61. The molecular weight excluding hydrogens is 456 g/mol. The maximum absolute atomic E-state index is 13.2. The van der Waals surface area contributed by atoms with Gasteiger partial charge in [-0.05, 0) is 87.8 Å². The molecule has 0 spiro atoms. The highest BCUT2D eigenvalue weighted by atomic mass is 32.1. The number of hydrogen-bond donors (Lipinski definition) is 1. The summed E-state index contributed by atoms with van der Waals surface area (Å²) in [5.41, 5.74) is 4.22. The molecule has 35 heavy (non-hydrogen) atoms. The largest absolute Gasteiger partial charge is 0.497 e. The van der Waals surface area contributed by atoms with Gasteiger partial charge >= 0.3 is 0 Å². The highest BCUT2D eigenvalue weighted by Gasteiger charge is 2.47. The van der Waals surface area contributed by atoms with Crippen LogP contribution < -0.4 is 10.1 Å². The van der Waals surface area contributed by atoms with Gasteiger partial charge in [-0.3, -0.25) is 9.78 Å². The van der Waals surface area contributed by atoms with Crippen molar-refractivity contribution in [2.45, 2.75) is 31.7 Å². The van der Waals surface area contributed by atoms with Crippen LogP contribution in [0.3, 0.4) is 0 Å². The Balaban J connectivity index is 0.000000453. The van der Waals surface area contributed by atoms with Crippen LogP contribution in [0.25, 0.3) is 21.5 Å². The van der Waals surface area contributed by atoms with E-state index in [0.717, 1.165) is 45.4 Å². The number of thiazole rings is 1. The Morgan fingerprint density at radius 3 is 2.54 bits per heavy atom. The first kappa shape index (κ1) is 23.5. The first-order valence-corrected chi connectivity index (χ1v) is 12.8. The zero-order valence-corrected chi connectivity index (χ0v) is 21.2. The van der Waals surface area contributed by atoms with Gasteiger partial charge in [0.1, 0.15) is 10.8 Å². The lowest BCUT2D eigenvalue weighted by atomic mass is 9.95. The van der Waals surface area contributed by atoms with Gasteiger partial charge < -0.3 is 15.0 Å². The van der Waals surface area contributed by atoms with Gasteiger partial charge in [-0.2, -0.15) is 0 Å². The Morgan fingerprint density at radius 1 is 1.11 bits per heavy atom. The number of carbonyl (C=O) groups excluding carboxylic acids is 1. The summed E-state index contributed by atoms with van der Waals surface area (Å²) in [5.74, 6) is 0.594. The van der Waals surface area contributed by atoms with Crippen molar-refractivity contribution in [3.05, 3.63) is 76.9 Å². The van der Waals surface area contributed by atoms with E-state index in [1.807, 2.05) is 36.7 Å². The number of ether oxygens (including phenoxy) is 1. The number of methoxy groups -OCH3 is 1. The minimum Gasteiger partial charge on any atom is -0.497 e. The normalized spacial score (nSPS) is 16.1. The predicted molar refractivity (Wildman–Crippen MR) is 141 cm³/mol. The monoisotopic (exact) mass is 486 g/mol. The van der Waals surface area contributed by atoms with Gasteiger partial charge in [0.25, 0.3) is 5.91 Å². The Hall–Kier alpha value is -3.29. The van der Waals surface area contributed by atoms with Gasteiger partial charge in [-0.15, -0.1) is 11.3 Å². The minimum atomic E-state index is -0.388. The highest BCUT2D eigenvalue weighted by molar-refractivity contribution is 7.13. The smallest absolute Gasteiger partial charge is 0.252 e. The molecule has 6 nitrogen and oxygen atoms in total. The zero-order chi connectivity index (χ0) is 24.4. The van der Waals surface area contributed by atoms with Crippen molar-refractivity contribution in [3.8, 4) is 16.3 Å². The predicted octanol–water partition coefficient (Wildman–Crippen LogP) is 5.42. The molecule has 2 aromatic heterocycles.